The molecule has 0 aliphatic heterocycles. The lowest BCUT2D eigenvalue weighted by Gasteiger charge is -2.07. The van der Waals surface area contributed by atoms with Crippen molar-refractivity contribution in [2.75, 3.05) is 0 Å². The van der Waals surface area contributed by atoms with Gasteiger partial charge in [0.1, 0.15) is 5.82 Å². The highest BCUT2D eigenvalue weighted by Gasteiger charge is 2.30. The molecule has 21 heavy (non-hydrogen) atoms. The number of aromatic amines is 1. The van der Waals surface area contributed by atoms with E-state index in [0.29, 0.717) is 18.3 Å². The summed E-state index contributed by atoms with van der Waals surface area (Å²) in [5.41, 5.74) is 2.35. The van der Waals surface area contributed by atoms with Gasteiger partial charge in [0.05, 0.1) is 12.2 Å². The van der Waals surface area contributed by atoms with Gasteiger partial charge in [0.2, 0.25) is 0 Å². The third-order valence-corrected chi connectivity index (χ3v) is 4.00. The quantitative estimate of drug-likeness (QED) is 0.887. The maximum absolute atomic E-state index is 12.0. The summed E-state index contributed by atoms with van der Waals surface area (Å²) in [5.74, 6) is 1.51. The third kappa shape index (κ3) is 2.55. The highest BCUT2D eigenvalue weighted by molar-refractivity contribution is 5.89. The van der Waals surface area contributed by atoms with Crippen LogP contribution < -0.4 is 5.32 Å². The number of amides is 1. The fourth-order valence-electron chi connectivity index (χ4n) is 2.67. The van der Waals surface area contributed by atoms with Crippen molar-refractivity contribution >= 4 is 5.91 Å². The molecule has 0 saturated heterocycles. The van der Waals surface area contributed by atoms with E-state index in [2.05, 4.69) is 25.4 Å². The van der Waals surface area contributed by atoms with Gasteiger partial charge in [0, 0.05) is 11.6 Å². The molecule has 0 spiro atoms. The number of fused-ring (bicyclic) bond motifs is 1. The van der Waals surface area contributed by atoms with Crippen LogP contribution in [0.1, 0.15) is 65.3 Å². The molecule has 4 rings (SSSR count). The van der Waals surface area contributed by atoms with Gasteiger partial charge < -0.3 is 14.8 Å². The Labute approximate surface area is 121 Å². The van der Waals surface area contributed by atoms with E-state index in [1.54, 1.807) is 0 Å². The van der Waals surface area contributed by atoms with Crippen LogP contribution in [0.3, 0.4) is 0 Å². The second kappa shape index (κ2) is 4.98. The summed E-state index contributed by atoms with van der Waals surface area (Å²) in [6, 6.07) is 0. The van der Waals surface area contributed by atoms with E-state index in [9.17, 15) is 4.79 Å². The van der Waals surface area contributed by atoms with Crippen LogP contribution in [-0.4, -0.2) is 26.0 Å². The van der Waals surface area contributed by atoms with E-state index < -0.39 is 0 Å². The van der Waals surface area contributed by atoms with Crippen molar-refractivity contribution in [1.29, 1.82) is 0 Å². The number of carbonyl (C=O) groups is 1. The minimum Gasteiger partial charge on any atom is -0.344 e. The number of imidazole rings is 1. The number of rotatable bonds is 4. The maximum atomic E-state index is 12.0. The average Bonchev–Trinajstić information content (AvgIpc) is 3.09. The van der Waals surface area contributed by atoms with Crippen LogP contribution in [-0.2, 0) is 19.4 Å². The molecule has 7 nitrogen and oxygen atoms in total. The average molecular weight is 287 g/mol. The molecule has 1 fully saturated rings. The smallest absolute Gasteiger partial charge is 0.315 e. The summed E-state index contributed by atoms with van der Waals surface area (Å²) in [6.45, 7) is 0.354. The Hall–Kier alpha value is -2.18. The fourth-order valence-corrected chi connectivity index (χ4v) is 2.67. The Bertz CT molecular complexity index is 647. The van der Waals surface area contributed by atoms with Gasteiger partial charge in [0.15, 0.2) is 5.82 Å². The van der Waals surface area contributed by atoms with E-state index in [0.717, 1.165) is 37.2 Å². The van der Waals surface area contributed by atoms with Crippen molar-refractivity contribution in [2.45, 2.75) is 51.0 Å². The molecule has 2 heterocycles. The molecule has 7 heteroatoms. The molecule has 2 aliphatic rings. The molecule has 0 radical (unpaired) electrons. The normalized spacial score (nSPS) is 17.5. The minimum absolute atomic E-state index is 0.0354. The largest absolute Gasteiger partial charge is 0.344 e. The van der Waals surface area contributed by atoms with Crippen molar-refractivity contribution in [3.8, 4) is 0 Å². The zero-order valence-corrected chi connectivity index (χ0v) is 11.7. The molecule has 0 atom stereocenters. The van der Waals surface area contributed by atoms with Gasteiger partial charge >= 0.3 is 11.8 Å². The summed E-state index contributed by atoms with van der Waals surface area (Å²) in [7, 11) is 0. The summed E-state index contributed by atoms with van der Waals surface area (Å²) < 4.78 is 4.99. The van der Waals surface area contributed by atoms with Crippen molar-refractivity contribution in [3.63, 3.8) is 0 Å². The van der Waals surface area contributed by atoms with Gasteiger partial charge in [0.25, 0.3) is 0 Å². The van der Waals surface area contributed by atoms with Crippen molar-refractivity contribution in [1.82, 2.24) is 25.4 Å². The fraction of sp³-hybridized carbons (Fsp3) is 0.571. The number of hydrogen-bond donors (Lipinski definition) is 2. The molecular weight excluding hydrogens is 270 g/mol. The molecule has 2 aromatic heterocycles. The molecule has 0 unspecified atom stereocenters. The number of aromatic nitrogens is 4. The van der Waals surface area contributed by atoms with Gasteiger partial charge in [-0.1, -0.05) is 5.16 Å². The maximum Gasteiger partial charge on any atom is 0.315 e. The highest BCUT2D eigenvalue weighted by atomic mass is 16.5. The van der Waals surface area contributed by atoms with Crippen LogP contribution in [0.15, 0.2) is 4.52 Å². The summed E-state index contributed by atoms with van der Waals surface area (Å²) in [6.07, 6.45) is 6.62. The van der Waals surface area contributed by atoms with Crippen LogP contribution in [0.5, 0.6) is 0 Å². The Kier molecular flexibility index (Phi) is 2.98. The van der Waals surface area contributed by atoms with Crippen LogP contribution in [0.4, 0.5) is 0 Å². The molecule has 0 bridgehead atoms. The Morgan fingerprint density at radius 2 is 2.14 bits per heavy atom. The molecule has 0 aromatic carbocycles. The number of hydrogen-bond acceptors (Lipinski definition) is 5. The molecule has 2 N–H and O–H groups in total. The van der Waals surface area contributed by atoms with Crippen LogP contribution >= 0.6 is 0 Å². The van der Waals surface area contributed by atoms with Crippen molar-refractivity contribution < 1.29 is 9.32 Å². The lowest BCUT2D eigenvalue weighted by atomic mass is 10.0. The van der Waals surface area contributed by atoms with Gasteiger partial charge in [-0.05, 0) is 38.5 Å². The van der Waals surface area contributed by atoms with Gasteiger partial charge in [-0.25, -0.2) is 4.98 Å². The van der Waals surface area contributed by atoms with Crippen molar-refractivity contribution in [3.05, 3.63) is 28.9 Å². The van der Waals surface area contributed by atoms with E-state index in [1.807, 2.05) is 0 Å². The zero-order chi connectivity index (χ0) is 14.2. The molecular formula is C14H17N5O2. The SMILES string of the molecule is O=C(NCc1nc2c([nH]1)CCCC2)c1nc(C2CC2)no1. The number of aryl methyl sites for hydroxylation is 2. The third-order valence-electron chi connectivity index (χ3n) is 4.00. The first-order chi connectivity index (χ1) is 10.3. The lowest BCUT2D eigenvalue weighted by Crippen LogP contribution is -2.23. The zero-order valence-electron chi connectivity index (χ0n) is 11.7. The van der Waals surface area contributed by atoms with Crippen LogP contribution in [0.25, 0.3) is 0 Å². The summed E-state index contributed by atoms with van der Waals surface area (Å²) in [4.78, 5) is 23.9. The van der Waals surface area contributed by atoms with E-state index >= 15 is 0 Å². The Morgan fingerprint density at radius 1 is 1.29 bits per heavy atom. The number of nitrogens with one attached hydrogen (secondary N) is 2. The molecule has 2 aliphatic carbocycles. The Morgan fingerprint density at radius 3 is 2.95 bits per heavy atom. The molecule has 2 aromatic rings. The number of nitrogens with zero attached hydrogens (tertiary/aromatic N) is 3. The van der Waals surface area contributed by atoms with E-state index in [-0.39, 0.29) is 11.8 Å². The molecule has 110 valence electrons. The Balaban J connectivity index is 1.38. The predicted molar refractivity (Wildman–Crippen MR) is 72.7 cm³/mol. The van der Waals surface area contributed by atoms with Crippen molar-refractivity contribution in [2.24, 2.45) is 0 Å². The molecule has 1 saturated carbocycles. The topological polar surface area (TPSA) is 96.7 Å². The van der Waals surface area contributed by atoms with Gasteiger partial charge in [-0.3, -0.25) is 4.79 Å². The highest BCUT2D eigenvalue weighted by Crippen LogP contribution is 2.38. The van der Waals surface area contributed by atoms with E-state index in [1.165, 1.54) is 18.5 Å². The van der Waals surface area contributed by atoms with Crippen LogP contribution in [0.2, 0.25) is 0 Å². The molecule has 1 amide bonds. The first-order valence-electron chi connectivity index (χ1n) is 7.48. The first kappa shape index (κ1) is 12.6. The predicted octanol–water partition coefficient (Wildman–Crippen LogP) is 1.48. The standard InChI is InChI=1S/C14H17N5O2/c20-13(14-18-12(19-21-14)8-5-6-8)15-7-11-16-9-3-1-2-4-10(9)17-11/h8H,1-7H2,(H,15,20)(H,16,17). The summed E-state index contributed by atoms with van der Waals surface area (Å²) >= 11 is 0. The number of H-pyrrole nitrogens is 1. The second-order valence-electron chi connectivity index (χ2n) is 5.73. The van der Waals surface area contributed by atoms with Crippen LogP contribution in [0, 0.1) is 0 Å². The first-order valence-corrected chi connectivity index (χ1v) is 7.48. The monoisotopic (exact) mass is 287 g/mol. The number of carbonyl (C=O) groups excluding carboxylic acids is 1. The minimum atomic E-state index is -0.344. The lowest BCUT2D eigenvalue weighted by molar-refractivity contribution is 0.0906. The summed E-state index contributed by atoms with van der Waals surface area (Å²) in [5, 5.41) is 6.61. The van der Waals surface area contributed by atoms with E-state index in [4.69, 9.17) is 4.52 Å². The van der Waals surface area contributed by atoms with Gasteiger partial charge in [-0.15, -0.1) is 0 Å². The second-order valence-corrected chi connectivity index (χ2v) is 5.73. The van der Waals surface area contributed by atoms with Gasteiger partial charge in [-0.2, -0.15) is 4.98 Å².